The van der Waals surface area contributed by atoms with Gasteiger partial charge in [-0.25, -0.2) is 8.78 Å². The summed E-state index contributed by atoms with van der Waals surface area (Å²) in [6.45, 7) is 2.40. The molecule has 0 aliphatic heterocycles. The van der Waals surface area contributed by atoms with E-state index in [0.717, 1.165) is 19.4 Å². The molecule has 0 aromatic heterocycles. The van der Waals surface area contributed by atoms with E-state index in [1.807, 2.05) is 0 Å². The third kappa shape index (κ3) is 6.90. The third-order valence-electron chi connectivity index (χ3n) is 1.83. The van der Waals surface area contributed by atoms with Crippen LogP contribution in [0.5, 0.6) is 0 Å². The summed E-state index contributed by atoms with van der Waals surface area (Å²) in [4.78, 5) is 1.68. The van der Waals surface area contributed by atoms with Crippen molar-refractivity contribution in [3.63, 3.8) is 0 Å². The number of halogens is 2. The maximum atomic E-state index is 13.0. The highest BCUT2D eigenvalue weighted by molar-refractivity contribution is 4.72. The van der Waals surface area contributed by atoms with Crippen molar-refractivity contribution in [2.75, 3.05) is 33.7 Å². The number of nitrogens with zero attached hydrogens (tertiary/aromatic N) is 1. The first-order chi connectivity index (χ1) is 6.02. The first kappa shape index (κ1) is 12.8. The molecule has 0 amide bonds. The molecule has 0 saturated heterocycles. The van der Waals surface area contributed by atoms with Crippen LogP contribution in [0.25, 0.3) is 0 Å². The van der Waals surface area contributed by atoms with Crippen molar-refractivity contribution in [1.29, 1.82) is 0 Å². The highest BCUT2D eigenvalue weighted by atomic mass is 19.3. The van der Waals surface area contributed by atoms with Crippen molar-refractivity contribution in [2.45, 2.75) is 25.7 Å². The lowest BCUT2D eigenvalue weighted by Crippen LogP contribution is -2.41. The minimum atomic E-state index is -2.61. The van der Waals surface area contributed by atoms with Crippen LogP contribution in [0.1, 0.15) is 19.8 Å². The van der Waals surface area contributed by atoms with Gasteiger partial charge in [-0.1, -0.05) is 13.3 Å². The molecule has 0 rings (SSSR count). The van der Waals surface area contributed by atoms with Crippen LogP contribution in [0, 0.1) is 0 Å². The Balaban J connectivity index is 3.68. The van der Waals surface area contributed by atoms with Gasteiger partial charge in [-0.15, -0.1) is 0 Å². The number of hydrogen-bond acceptors (Lipinski definition) is 2. The van der Waals surface area contributed by atoms with Crippen molar-refractivity contribution in [1.82, 2.24) is 10.2 Å². The number of nitrogens with one attached hydrogen (secondary N) is 1. The van der Waals surface area contributed by atoms with Crippen LogP contribution < -0.4 is 5.32 Å². The second-order valence-corrected chi connectivity index (χ2v) is 3.48. The molecule has 80 valence electrons. The van der Waals surface area contributed by atoms with Crippen molar-refractivity contribution in [3.8, 4) is 0 Å². The molecule has 4 heteroatoms. The van der Waals surface area contributed by atoms with E-state index >= 15 is 0 Å². The van der Waals surface area contributed by atoms with Gasteiger partial charge in [0.2, 0.25) is 0 Å². The van der Waals surface area contributed by atoms with E-state index in [0.29, 0.717) is 0 Å². The summed E-state index contributed by atoms with van der Waals surface area (Å²) in [5, 5.41) is 2.49. The molecular formula is C9H20F2N2. The molecule has 0 fully saturated rings. The van der Waals surface area contributed by atoms with Crippen LogP contribution in [0.3, 0.4) is 0 Å². The molecule has 13 heavy (non-hydrogen) atoms. The van der Waals surface area contributed by atoms with Crippen LogP contribution in [0.2, 0.25) is 0 Å². The molecule has 0 aliphatic carbocycles. The Labute approximate surface area is 79.3 Å². The average molecular weight is 194 g/mol. The Morgan fingerprint density at radius 2 is 2.00 bits per heavy atom. The lowest BCUT2D eigenvalue weighted by Gasteiger charge is -2.23. The fraction of sp³-hybridized carbons (Fsp3) is 1.00. The molecule has 0 unspecified atom stereocenters. The highest BCUT2D eigenvalue weighted by Crippen LogP contribution is 2.13. The van der Waals surface area contributed by atoms with E-state index < -0.39 is 5.92 Å². The van der Waals surface area contributed by atoms with Gasteiger partial charge in [0, 0.05) is 0 Å². The zero-order valence-corrected chi connectivity index (χ0v) is 8.74. The van der Waals surface area contributed by atoms with Crippen LogP contribution in [0.15, 0.2) is 0 Å². The van der Waals surface area contributed by atoms with Crippen LogP contribution in [0.4, 0.5) is 8.78 Å². The van der Waals surface area contributed by atoms with E-state index in [1.165, 1.54) is 0 Å². The smallest absolute Gasteiger partial charge is 0.272 e. The Morgan fingerprint density at radius 1 is 1.38 bits per heavy atom. The molecule has 0 saturated carbocycles. The van der Waals surface area contributed by atoms with Gasteiger partial charge in [-0.2, -0.15) is 0 Å². The molecular weight excluding hydrogens is 174 g/mol. The largest absolute Gasteiger partial charge is 0.314 e. The molecule has 0 atom stereocenters. The zero-order chi connectivity index (χ0) is 10.3. The fourth-order valence-electron chi connectivity index (χ4n) is 1.22. The summed E-state index contributed by atoms with van der Waals surface area (Å²) in [6.07, 6.45) is 2.02. The van der Waals surface area contributed by atoms with Gasteiger partial charge in [0.25, 0.3) is 5.92 Å². The first-order valence-electron chi connectivity index (χ1n) is 4.73. The second kappa shape index (κ2) is 6.27. The standard InChI is InChI=1S/C9H20F2N2/c1-4-5-6-13(3)8-9(10,11)7-12-2/h12H,4-8H2,1-3H3. The molecule has 0 radical (unpaired) electrons. The summed E-state index contributed by atoms with van der Waals surface area (Å²) >= 11 is 0. The van der Waals surface area contributed by atoms with Crippen molar-refractivity contribution in [2.24, 2.45) is 0 Å². The molecule has 0 aromatic rings. The Morgan fingerprint density at radius 3 is 2.46 bits per heavy atom. The highest BCUT2D eigenvalue weighted by Gasteiger charge is 2.29. The Bertz CT molecular complexity index is 129. The Kier molecular flexibility index (Phi) is 6.16. The zero-order valence-electron chi connectivity index (χ0n) is 8.74. The fourth-order valence-corrected chi connectivity index (χ4v) is 1.22. The summed E-state index contributed by atoms with van der Waals surface area (Å²) in [5.41, 5.74) is 0. The molecule has 2 nitrogen and oxygen atoms in total. The monoisotopic (exact) mass is 194 g/mol. The van der Waals surface area contributed by atoms with Crippen molar-refractivity contribution >= 4 is 0 Å². The van der Waals surface area contributed by atoms with Gasteiger partial charge in [0.1, 0.15) is 0 Å². The Hall–Kier alpha value is -0.220. The van der Waals surface area contributed by atoms with E-state index in [-0.39, 0.29) is 13.1 Å². The SMILES string of the molecule is CCCCN(C)CC(F)(F)CNC. The number of rotatable bonds is 7. The van der Waals surface area contributed by atoms with Gasteiger partial charge >= 0.3 is 0 Å². The molecule has 0 heterocycles. The minimum absolute atomic E-state index is 0.159. The molecule has 0 aliphatic rings. The molecule has 0 spiro atoms. The van der Waals surface area contributed by atoms with Gasteiger partial charge < -0.3 is 10.2 Å². The van der Waals surface area contributed by atoms with Crippen LogP contribution in [-0.2, 0) is 0 Å². The third-order valence-corrected chi connectivity index (χ3v) is 1.83. The lowest BCUT2D eigenvalue weighted by molar-refractivity contribution is -0.0234. The topological polar surface area (TPSA) is 15.3 Å². The van der Waals surface area contributed by atoms with Crippen molar-refractivity contribution < 1.29 is 8.78 Å². The van der Waals surface area contributed by atoms with Crippen molar-refractivity contribution in [3.05, 3.63) is 0 Å². The van der Waals surface area contributed by atoms with E-state index in [9.17, 15) is 8.78 Å². The second-order valence-electron chi connectivity index (χ2n) is 3.48. The maximum Gasteiger partial charge on any atom is 0.272 e. The van der Waals surface area contributed by atoms with Gasteiger partial charge in [-0.05, 0) is 27.1 Å². The number of alkyl halides is 2. The van der Waals surface area contributed by atoms with Gasteiger partial charge in [-0.3, -0.25) is 0 Å². The summed E-state index contributed by atoms with van der Waals surface area (Å²) < 4.78 is 26.0. The van der Waals surface area contributed by atoms with E-state index in [1.54, 1.807) is 19.0 Å². The molecule has 0 aromatic carbocycles. The average Bonchev–Trinajstić information content (AvgIpc) is 1.99. The number of unbranched alkanes of at least 4 members (excludes halogenated alkanes) is 1. The quantitative estimate of drug-likeness (QED) is 0.662. The predicted molar refractivity (Wildman–Crippen MR) is 51.3 cm³/mol. The molecule has 0 bridgehead atoms. The summed E-state index contributed by atoms with van der Waals surface area (Å²) in [5.74, 6) is -2.61. The lowest BCUT2D eigenvalue weighted by atomic mass is 10.2. The predicted octanol–water partition coefficient (Wildman–Crippen LogP) is 1.57. The van der Waals surface area contributed by atoms with Crippen LogP contribution in [-0.4, -0.2) is 44.6 Å². The first-order valence-corrected chi connectivity index (χ1v) is 4.73. The molecule has 1 N–H and O–H groups in total. The summed E-state index contributed by atoms with van der Waals surface area (Å²) in [7, 11) is 3.28. The van der Waals surface area contributed by atoms with E-state index in [2.05, 4.69) is 12.2 Å². The minimum Gasteiger partial charge on any atom is -0.314 e. The normalized spacial score (nSPS) is 12.5. The van der Waals surface area contributed by atoms with E-state index in [4.69, 9.17) is 0 Å². The van der Waals surface area contributed by atoms with Crippen LogP contribution >= 0.6 is 0 Å². The number of hydrogen-bond donors (Lipinski definition) is 1. The van der Waals surface area contributed by atoms with Gasteiger partial charge in [0.15, 0.2) is 0 Å². The summed E-state index contributed by atoms with van der Waals surface area (Å²) in [6, 6.07) is 0. The van der Waals surface area contributed by atoms with Gasteiger partial charge in [0.05, 0.1) is 13.1 Å². The maximum absolute atomic E-state index is 13.0.